The zero-order valence-electron chi connectivity index (χ0n) is 15.5. The fourth-order valence-electron chi connectivity index (χ4n) is 2.56. The molecule has 0 saturated carbocycles. The maximum Gasteiger partial charge on any atom is 0.337 e. The molecule has 0 spiro atoms. The Morgan fingerprint density at radius 2 is 2.11 bits per heavy atom. The summed E-state index contributed by atoms with van der Waals surface area (Å²) < 4.78 is 4.69. The van der Waals surface area contributed by atoms with Gasteiger partial charge in [0, 0.05) is 18.4 Å². The molecule has 2 heterocycles. The molecule has 1 aromatic heterocycles. The van der Waals surface area contributed by atoms with Crippen LogP contribution in [-0.2, 0) is 11.2 Å². The maximum atomic E-state index is 11.5. The lowest BCUT2D eigenvalue weighted by Crippen LogP contribution is -2.10. The number of carbonyl (C=O) groups is 1. The summed E-state index contributed by atoms with van der Waals surface area (Å²) in [6.07, 6.45) is 2.37. The molecule has 0 saturated heterocycles. The van der Waals surface area contributed by atoms with E-state index in [0.29, 0.717) is 29.3 Å². The Balaban J connectivity index is 1.62. The lowest BCUT2D eigenvalue weighted by Gasteiger charge is -2.08. The number of allylic oxidation sites excluding steroid dienone is 2. The maximum absolute atomic E-state index is 11.5. The third-order valence-corrected chi connectivity index (χ3v) is 5.00. The number of benzene rings is 1. The first-order valence-corrected chi connectivity index (χ1v) is 9.48. The van der Waals surface area contributed by atoms with E-state index in [1.165, 1.54) is 18.9 Å². The summed E-state index contributed by atoms with van der Waals surface area (Å²) in [6, 6.07) is 11.2. The zero-order chi connectivity index (χ0) is 19.9. The second-order valence-corrected chi connectivity index (χ2v) is 6.87. The molecule has 0 fully saturated rings. The van der Waals surface area contributed by atoms with Crippen LogP contribution in [-0.4, -0.2) is 29.6 Å². The third-order valence-electron chi connectivity index (χ3n) is 3.99. The average Bonchev–Trinajstić information content (AvgIpc) is 3.15. The Bertz CT molecular complexity index is 977. The number of anilines is 1. The number of hydrogen-bond donors (Lipinski definition) is 2. The lowest BCUT2D eigenvalue weighted by molar-refractivity contribution is 0.0600. The van der Waals surface area contributed by atoms with E-state index in [2.05, 4.69) is 26.7 Å². The van der Waals surface area contributed by atoms with Crippen molar-refractivity contribution in [1.29, 1.82) is 5.26 Å². The van der Waals surface area contributed by atoms with Crippen LogP contribution in [0.4, 0.5) is 5.95 Å². The summed E-state index contributed by atoms with van der Waals surface area (Å²) in [5, 5.41) is 18.6. The summed E-state index contributed by atoms with van der Waals surface area (Å²) in [7, 11) is 1.36. The lowest BCUT2D eigenvalue weighted by atomic mass is 10.1. The van der Waals surface area contributed by atoms with E-state index in [-0.39, 0.29) is 5.97 Å². The van der Waals surface area contributed by atoms with Crippen molar-refractivity contribution in [2.75, 3.05) is 19.0 Å². The van der Waals surface area contributed by atoms with Crippen LogP contribution < -0.4 is 10.6 Å². The second-order valence-electron chi connectivity index (χ2n) is 5.99. The number of nitriles is 1. The first-order chi connectivity index (χ1) is 13.6. The second kappa shape index (κ2) is 9.06. The van der Waals surface area contributed by atoms with Crippen LogP contribution in [0.5, 0.6) is 0 Å². The summed E-state index contributed by atoms with van der Waals surface area (Å²) in [4.78, 5) is 20.1. The van der Waals surface area contributed by atoms with Crippen molar-refractivity contribution in [3.8, 4) is 6.07 Å². The molecule has 2 aromatic rings. The first-order valence-electron chi connectivity index (χ1n) is 8.60. The molecule has 142 valence electrons. The van der Waals surface area contributed by atoms with Crippen LogP contribution in [0.15, 0.2) is 52.7 Å². The molecule has 1 aromatic carbocycles. The number of esters is 1. The molecule has 28 heavy (non-hydrogen) atoms. The zero-order valence-corrected chi connectivity index (χ0v) is 16.3. The van der Waals surface area contributed by atoms with Crippen LogP contribution in [0.3, 0.4) is 0 Å². The predicted molar refractivity (Wildman–Crippen MR) is 109 cm³/mol. The first kappa shape index (κ1) is 19.5. The fourth-order valence-corrected chi connectivity index (χ4v) is 3.40. The van der Waals surface area contributed by atoms with E-state index in [0.717, 1.165) is 22.7 Å². The number of carbonyl (C=O) groups excluding carboxylic acids is 1. The number of rotatable bonds is 6. The van der Waals surface area contributed by atoms with Crippen molar-refractivity contribution in [2.24, 2.45) is 0 Å². The van der Waals surface area contributed by atoms with E-state index in [4.69, 9.17) is 4.74 Å². The molecular weight excluding hydrogens is 374 g/mol. The van der Waals surface area contributed by atoms with Gasteiger partial charge in [0.2, 0.25) is 5.95 Å². The number of nitrogens with zero attached hydrogens (tertiary/aromatic N) is 3. The minimum absolute atomic E-state index is 0.349. The number of aromatic nitrogens is 2. The highest BCUT2D eigenvalue weighted by Gasteiger charge is 2.15. The van der Waals surface area contributed by atoms with E-state index >= 15 is 0 Å². The predicted octanol–water partition coefficient (Wildman–Crippen LogP) is 3.31. The van der Waals surface area contributed by atoms with Crippen molar-refractivity contribution in [1.82, 2.24) is 15.3 Å². The monoisotopic (exact) mass is 393 g/mol. The number of hydrogen-bond acceptors (Lipinski definition) is 8. The molecule has 0 amide bonds. The normalized spacial score (nSPS) is 14.5. The number of nitrogens with one attached hydrogen (secondary N) is 2. The average molecular weight is 393 g/mol. The van der Waals surface area contributed by atoms with Gasteiger partial charge in [-0.1, -0.05) is 23.9 Å². The Hall–Kier alpha value is -3.31. The number of thioether (sulfide) groups is 1. The van der Waals surface area contributed by atoms with Gasteiger partial charge in [0.15, 0.2) is 0 Å². The highest BCUT2D eigenvalue weighted by atomic mass is 32.2. The van der Waals surface area contributed by atoms with Gasteiger partial charge >= 0.3 is 5.97 Å². The molecule has 0 unspecified atom stereocenters. The molecule has 7 nitrogen and oxygen atoms in total. The third kappa shape index (κ3) is 4.69. The standard InChI is InChI=1S/C20H19N5O2S/c1-13-12-28-18(24-13)16(11-21)17-8-10-23-20(25-17)22-9-7-14-3-5-15(6-4-14)19(26)27-2/h3-6,8,10,12,24H,7,9H2,1-2H3,(H,22,23,25)/b18-16-. The highest BCUT2D eigenvalue weighted by Crippen LogP contribution is 2.30. The van der Waals surface area contributed by atoms with Gasteiger partial charge in [-0.3, -0.25) is 0 Å². The SMILES string of the molecule is COC(=O)c1ccc(CCNc2nccc(/C(C#N)=C3/NC(C)=CS3)n2)cc1. The van der Waals surface area contributed by atoms with E-state index in [9.17, 15) is 10.1 Å². The van der Waals surface area contributed by atoms with Crippen LogP contribution >= 0.6 is 11.8 Å². The molecule has 0 atom stereocenters. The van der Waals surface area contributed by atoms with Crippen molar-refractivity contribution < 1.29 is 9.53 Å². The topological polar surface area (TPSA) is 99.9 Å². The van der Waals surface area contributed by atoms with E-state index < -0.39 is 0 Å². The van der Waals surface area contributed by atoms with Crippen molar-refractivity contribution in [2.45, 2.75) is 13.3 Å². The number of ether oxygens (including phenoxy) is 1. The molecule has 2 N–H and O–H groups in total. The molecule has 0 bridgehead atoms. The van der Waals surface area contributed by atoms with Crippen molar-refractivity contribution in [3.63, 3.8) is 0 Å². The quantitative estimate of drug-likeness (QED) is 0.570. The van der Waals surface area contributed by atoms with Crippen LogP contribution in [0, 0.1) is 11.3 Å². The van der Waals surface area contributed by atoms with Crippen molar-refractivity contribution in [3.05, 3.63) is 69.5 Å². The van der Waals surface area contributed by atoms with E-state index in [1.807, 2.05) is 24.5 Å². The Kier molecular flexibility index (Phi) is 6.29. The minimum atomic E-state index is -0.349. The highest BCUT2D eigenvalue weighted by molar-refractivity contribution is 8.06. The van der Waals surface area contributed by atoms with Crippen LogP contribution in [0.2, 0.25) is 0 Å². The molecule has 8 heteroatoms. The Morgan fingerprint density at radius 3 is 2.75 bits per heavy atom. The molecular formula is C20H19N5O2S. The summed E-state index contributed by atoms with van der Waals surface area (Å²) >= 11 is 1.47. The molecule has 3 rings (SSSR count). The fraction of sp³-hybridized carbons (Fsp3) is 0.200. The van der Waals surface area contributed by atoms with Gasteiger partial charge in [-0.05, 0) is 42.5 Å². The van der Waals surface area contributed by atoms with Gasteiger partial charge in [0.25, 0.3) is 0 Å². The van der Waals surface area contributed by atoms with Gasteiger partial charge in [-0.2, -0.15) is 5.26 Å². The minimum Gasteiger partial charge on any atom is -0.465 e. The Morgan fingerprint density at radius 1 is 1.32 bits per heavy atom. The number of methoxy groups -OCH3 is 1. The van der Waals surface area contributed by atoms with Gasteiger partial charge in [-0.25, -0.2) is 14.8 Å². The molecule has 0 aliphatic carbocycles. The Labute approximate surface area is 167 Å². The van der Waals surface area contributed by atoms with Crippen molar-refractivity contribution >= 4 is 29.3 Å². The van der Waals surface area contributed by atoms with Gasteiger partial charge in [0.05, 0.1) is 23.4 Å². The summed E-state index contributed by atoms with van der Waals surface area (Å²) in [6.45, 7) is 2.56. The largest absolute Gasteiger partial charge is 0.465 e. The summed E-state index contributed by atoms with van der Waals surface area (Å²) in [5.74, 6) is 0.113. The summed E-state index contributed by atoms with van der Waals surface area (Å²) in [5.41, 5.74) is 3.65. The van der Waals surface area contributed by atoms with Crippen LogP contribution in [0.1, 0.15) is 28.5 Å². The molecule has 0 radical (unpaired) electrons. The van der Waals surface area contributed by atoms with Gasteiger partial charge < -0.3 is 15.4 Å². The van der Waals surface area contributed by atoms with E-state index in [1.54, 1.807) is 24.4 Å². The molecule has 1 aliphatic heterocycles. The smallest absolute Gasteiger partial charge is 0.337 e. The van der Waals surface area contributed by atoms with Gasteiger partial charge in [0.1, 0.15) is 11.6 Å². The van der Waals surface area contributed by atoms with Gasteiger partial charge in [-0.15, -0.1) is 0 Å². The van der Waals surface area contributed by atoms with Crippen LogP contribution in [0.25, 0.3) is 5.57 Å². The molecule has 1 aliphatic rings.